The molecule has 202 valence electrons. The van der Waals surface area contributed by atoms with Crippen LogP contribution in [0.25, 0.3) is 54.5 Å². The first-order valence-electron chi connectivity index (χ1n) is 13.6. The number of benzene rings is 3. The molecule has 41 heavy (non-hydrogen) atoms. The molecule has 0 aliphatic heterocycles. The summed E-state index contributed by atoms with van der Waals surface area (Å²) in [5, 5.41) is 9.71. The van der Waals surface area contributed by atoms with Crippen LogP contribution in [0.3, 0.4) is 0 Å². The zero-order chi connectivity index (χ0) is 28.1. The Hall–Kier alpha value is -4.69. The molecule has 0 aliphatic rings. The molecule has 0 N–H and O–H groups in total. The van der Waals surface area contributed by atoms with Crippen molar-refractivity contribution in [2.24, 2.45) is 0 Å². The van der Waals surface area contributed by atoms with Gasteiger partial charge in [-0.25, -0.2) is 19.0 Å². The van der Waals surface area contributed by atoms with Crippen molar-refractivity contribution in [3.8, 4) is 22.4 Å². The van der Waals surface area contributed by atoms with Crippen molar-refractivity contribution in [1.29, 1.82) is 0 Å². The lowest BCUT2D eigenvalue weighted by molar-refractivity contribution is 0.446. The van der Waals surface area contributed by atoms with Gasteiger partial charge in [0.2, 0.25) is 5.43 Å². The van der Waals surface area contributed by atoms with Crippen molar-refractivity contribution in [1.82, 2.24) is 19.7 Å². The summed E-state index contributed by atoms with van der Waals surface area (Å²) in [6.07, 6.45) is 3.26. The molecule has 8 heteroatoms. The van der Waals surface area contributed by atoms with Crippen molar-refractivity contribution in [2.75, 3.05) is 0 Å². The Balaban J connectivity index is 1.52. The number of nitrogens with zero attached hydrogens (tertiary/aromatic N) is 4. The SMILES string of the molecule is CCCc1ncnc2c1c(-c1csc3ccccc13)nn2C(C)c1oc2ccccc2c(=O)c1-c1cccc(F)c1. The third-order valence-electron chi connectivity index (χ3n) is 7.47. The molecule has 4 aromatic heterocycles. The first kappa shape index (κ1) is 25.3. The minimum atomic E-state index is -0.545. The van der Waals surface area contributed by atoms with E-state index in [1.807, 2.05) is 29.8 Å². The van der Waals surface area contributed by atoms with Crippen molar-refractivity contribution >= 4 is 43.4 Å². The molecule has 0 radical (unpaired) electrons. The van der Waals surface area contributed by atoms with Crippen LogP contribution in [0.4, 0.5) is 4.39 Å². The highest BCUT2D eigenvalue weighted by Gasteiger charge is 2.28. The summed E-state index contributed by atoms with van der Waals surface area (Å²) < 4.78 is 23.8. The van der Waals surface area contributed by atoms with E-state index in [9.17, 15) is 9.18 Å². The molecule has 0 bridgehead atoms. The van der Waals surface area contributed by atoms with Crippen LogP contribution in [0.2, 0.25) is 0 Å². The zero-order valence-corrected chi connectivity index (χ0v) is 23.3. The molecule has 3 aromatic carbocycles. The molecule has 0 fully saturated rings. The minimum Gasteiger partial charge on any atom is -0.458 e. The Kier molecular flexibility index (Phi) is 6.20. The number of halogens is 1. The van der Waals surface area contributed by atoms with Crippen LogP contribution in [0, 0.1) is 5.82 Å². The maximum absolute atomic E-state index is 14.4. The van der Waals surface area contributed by atoms with Crippen LogP contribution < -0.4 is 5.43 Å². The summed E-state index contributed by atoms with van der Waals surface area (Å²) in [7, 11) is 0. The Morgan fingerprint density at radius 2 is 1.80 bits per heavy atom. The predicted molar refractivity (Wildman–Crippen MR) is 162 cm³/mol. The number of hydrogen-bond acceptors (Lipinski definition) is 6. The van der Waals surface area contributed by atoms with E-state index in [1.165, 1.54) is 16.8 Å². The molecule has 1 unspecified atom stereocenters. The monoisotopic (exact) mass is 560 g/mol. The fraction of sp³-hybridized carbons (Fsp3) is 0.152. The molecular formula is C33H25FN4O2S. The lowest BCUT2D eigenvalue weighted by atomic mass is 9.99. The Morgan fingerprint density at radius 3 is 2.63 bits per heavy atom. The van der Waals surface area contributed by atoms with Crippen LogP contribution in [-0.4, -0.2) is 19.7 Å². The highest BCUT2D eigenvalue weighted by atomic mass is 32.1. The fourth-order valence-corrected chi connectivity index (χ4v) is 6.51. The van der Waals surface area contributed by atoms with Gasteiger partial charge in [0, 0.05) is 21.0 Å². The van der Waals surface area contributed by atoms with Gasteiger partial charge in [0.25, 0.3) is 0 Å². The molecule has 0 saturated heterocycles. The molecule has 6 nitrogen and oxygen atoms in total. The van der Waals surface area contributed by atoms with E-state index in [0.29, 0.717) is 33.5 Å². The minimum absolute atomic E-state index is 0.221. The second-order valence-corrected chi connectivity index (χ2v) is 11.0. The average molecular weight is 561 g/mol. The number of thiophene rings is 1. The summed E-state index contributed by atoms with van der Waals surface area (Å²) in [5.74, 6) is -0.0390. The van der Waals surface area contributed by atoms with Gasteiger partial charge in [-0.3, -0.25) is 4.79 Å². The van der Waals surface area contributed by atoms with Crippen LogP contribution in [0.15, 0.2) is 93.7 Å². The van der Waals surface area contributed by atoms with E-state index >= 15 is 0 Å². The van der Waals surface area contributed by atoms with Crippen molar-refractivity contribution in [2.45, 2.75) is 32.7 Å². The van der Waals surface area contributed by atoms with E-state index in [-0.39, 0.29) is 5.43 Å². The van der Waals surface area contributed by atoms with E-state index < -0.39 is 11.9 Å². The van der Waals surface area contributed by atoms with Crippen LogP contribution in [0.1, 0.15) is 37.8 Å². The molecular weight excluding hydrogens is 535 g/mol. The standard InChI is InChI=1S/C33H25FN4O2S/c1-3-9-25-29-30(24-17-41-27-15-7-5-12-22(24)27)37-38(33(29)36-18-35-25)19(2)32-28(20-10-8-11-21(34)16-20)31(39)23-13-4-6-14-26(23)40-32/h4-8,10-19H,3,9H2,1-2H3. The largest absolute Gasteiger partial charge is 0.458 e. The van der Waals surface area contributed by atoms with E-state index in [0.717, 1.165) is 40.6 Å². The van der Waals surface area contributed by atoms with Crippen molar-refractivity contribution in [3.63, 3.8) is 0 Å². The van der Waals surface area contributed by atoms with Gasteiger partial charge < -0.3 is 4.42 Å². The first-order valence-corrected chi connectivity index (χ1v) is 14.4. The highest BCUT2D eigenvalue weighted by molar-refractivity contribution is 7.17. The van der Waals surface area contributed by atoms with E-state index in [4.69, 9.17) is 14.5 Å². The summed E-state index contributed by atoms with van der Waals surface area (Å²) in [4.78, 5) is 23.2. The molecule has 7 aromatic rings. The topological polar surface area (TPSA) is 73.8 Å². The van der Waals surface area contributed by atoms with Gasteiger partial charge in [-0.1, -0.05) is 55.8 Å². The van der Waals surface area contributed by atoms with E-state index in [2.05, 4.69) is 29.4 Å². The molecule has 0 aliphatic carbocycles. The van der Waals surface area contributed by atoms with Crippen LogP contribution in [-0.2, 0) is 6.42 Å². The summed E-state index contributed by atoms with van der Waals surface area (Å²) >= 11 is 1.67. The molecule has 7 rings (SSSR count). The van der Waals surface area contributed by atoms with Crippen LogP contribution >= 0.6 is 11.3 Å². The second kappa shape index (κ2) is 10.1. The summed E-state index contributed by atoms with van der Waals surface area (Å²) in [5.41, 5.74) is 4.39. The van der Waals surface area contributed by atoms with Gasteiger partial charge in [0.05, 0.1) is 22.0 Å². The van der Waals surface area contributed by atoms with Crippen LogP contribution in [0.5, 0.6) is 0 Å². The van der Waals surface area contributed by atoms with Crippen molar-refractivity contribution < 1.29 is 8.81 Å². The normalized spacial score (nSPS) is 12.5. The number of aryl methyl sites for hydroxylation is 1. The third-order valence-corrected chi connectivity index (χ3v) is 8.44. The quantitative estimate of drug-likeness (QED) is 0.205. The maximum Gasteiger partial charge on any atom is 0.200 e. The molecule has 0 saturated carbocycles. The second-order valence-electron chi connectivity index (χ2n) is 10.1. The van der Waals surface area contributed by atoms with Gasteiger partial charge in [0.1, 0.15) is 35.2 Å². The first-order chi connectivity index (χ1) is 20.0. The van der Waals surface area contributed by atoms with Gasteiger partial charge >= 0.3 is 0 Å². The fourth-order valence-electron chi connectivity index (χ4n) is 5.56. The van der Waals surface area contributed by atoms with Gasteiger partial charge in [-0.05, 0) is 49.2 Å². The smallest absolute Gasteiger partial charge is 0.200 e. The van der Waals surface area contributed by atoms with Crippen molar-refractivity contribution in [3.05, 3.63) is 112 Å². The summed E-state index contributed by atoms with van der Waals surface area (Å²) in [6, 6.07) is 20.9. The number of aromatic nitrogens is 4. The van der Waals surface area contributed by atoms with Gasteiger partial charge in [-0.2, -0.15) is 5.10 Å². The van der Waals surface area contributed by atoms with Gasteiger partial charge in [-0.15, -0.1) is 11.3 Å². The molecule has 1 atom stereocenters. The average Bonchev–Trinajstić information content (AvgIpc) is 3.59. The molecule has 0 spiro atoms. The number of fused-ring (bicyclic) bond motifs is 3. The zero-order valence-electron chi connectivity index (χ0n) is 22.5. The number of rotatable bonds is 6. The maximum atomic E-state index is 14.4. The lowest BCUT2D eigenvalue weighted by Gasteiger charge is -2.17. The summed E-state index contributed by atoms with van der Waals surface area (Å²) in [6.45, 7) is 4.05. The Bertz CT molecular complexity index is 2150. The van der Waals surface area contributed by atoms with Gasteiger partial charge in [0.15, 0.2) is 5.65 Å². The predicted octanol–water partition coefficient (Wildman–Crippen LogP) is 8.18. The number of para-hydroxylation sites is 1. The molecule has 0 amide bonds. The lowest BCUT2D eigenvalue weighted by Crippen LogP contribution is -2.16. The number of hydrogen-bond donors (Lipinski definition) is 0. The van der Waals surface area contributed by atoms with E-state index in [1.54, 1.807) is 48.0 Å². The third kappa shape index (κ3) is 4.14. The molecule has 4 heterocycles. The highest BCUT2D eigenvalue weighted by Crippen LogP contribution is 2.40. The Labute approximate surface area is 238 Å². The Morgan fingerprint density at radius 1 is 1.00 bits per heavy atom.